The van der Waals surface area contributed by atoms with E-state index in [1.54, 1.807) is 48.2 Å². The molecule has 2 aromatic heterocycles. The number of nitrogens with one attached hydrogen (secondary N) is 1. The number of carbonyl (C=O) groups excluding carboxylic acids is 2. The molecule has 156 valence electrons. The van der Waals surface area contributed by atoms with Gasteiger partial charge in [0.25, 0.3) is 0 Å². The van der Waals surface area contributed by atoms with Crippen molar-refractivity contribution in [1.29, 1.82) is 0 Å². The van der Waals surface area contributed by atoms with Gasteiger partial charge in [-0.1, -0.05) is 0 Å². The van der Waals surface area contributed by atoms with Crippen LogP contribution < -0.4 is 19.7 Å². The van der Waals surface area contributed by atoms with Gasteiger partial charge in [-0.05, 0) is 25.1 Å². The van der Waals surface area contributed by atoms with E-state index in [9.17, 15) is 9.59 Å². The van der Waals surface area contributed by atoms with E-state index in [1.165, 1.54) is 0 Å². The largest absolute Gasteiger partial charge is 0.493 e. The molecule has 1 unspecified atom stereocenters. The number of pyridine rings is 1. The van der Waals surface area contributed by atoms with Gasteiger partial charge in [-0.25, -0.2) is 4.98 Å². The van der Waals surface area contributed by atoms with Gasteiger partial charge < -0.3 is 19.7 Å². The first-order chi connectivity index (χ1) is 14.4. The third-order valence-corrected chi connectivity index (χ3v) is 5.31. The summed E-state index contributed by atoms with van der Waals surface area (Å²) >= 11 is 0. The molecule has 1 aromatic carbocycles. The van der Waals surface area contributed by atoms with Gasteiger partial charge in [0.05, 0.1) is 37.7 Å². The van der Waals surface area contributed by atoms with Crippen LogP contribution in [0.2, 0.25) is 0 Å². The number of hydrogen-bond donors (Lipinski definition) is 1. The van der Waals surface area contributed by atoms with Crippen LogP contribution in [-0.2, 0) is 16.6 Å². The summed E-state index contributed by atoms with van der Waals surface area (Å²) in [7, 11) is 4.92. The first-order valence-corrected chi connectivity index (χ1v) is 9.54. The summed E-state index contributed by atoms with van der Waals surface area (Å²) in [5, 5.41) is 8.10. The molecule has 0 saturated carbocycles. The monoisotopic (exact) mass is 409 g/mol. The van der Waals surface area contributed by atoms with Gasteiger partial charge in [0, 0.05) is 37.2 Å². The van der Waals surface area contributed by atoms with Crippen molar-refractivity contribution in [3.8, 4) is 11.5 Å². The molecule has 0 radical (unpaired) electrons. The van der Waals surface area contributed by atoms with Crippen molar-refractivity contribution in [3.63, 3.8) is 0 Å². The molecule has 0 aliphatic carbocycles. The highest BCUT2D eigenvalue weighted by molar-refractivity contribution is 6.04. The van der Waals surface area contributed by atoms with E-state index in [0.29, 0.717) is 29.4 Å². The molecular weight excluding hydrogens is 386 g/mol. The Hall–Kier alpha value is -3.62. The van der Waals surface area contributed by atoms with Crippen molar-refractivity contribution in [1.82, 2.24) is 14.8 Å². The molecule has 9 heteroatoms. The van der Waals surface area contributed by atoms with Crippen LogP contribution in [0, 0.1) is 12.8 Å². The third-order valence-electron chi connectivity index (χ3n) is 5.31. The number of benzene rings is 1. The molecule has 2 amide bonds. The van der Waals surface area contributed by atoms with Crippen molar-refractivity contribution in [2.75, 3.05) is 31.0 Å². The number of methoxy groups -OCH3 is 2. The predicted molar refractivity (Wildman–Crippen MR) is 112 cm³/mol. The third kappa shape index (κ3) is 3.42. The van der Waals surface area contributed by atoms with Crippen LogP contribution in [0.4, 0.5) is 11.4 Å². The van der Waals surface area contributed by atoms with Crippen LogP contribution >= 0.6 is 0 Å². The zero-order valence-corrected chi connectivity index (χ0v) is 17.3. The number of anilines is 2. The lowest BCUT2D eigenvalue weighted by Gasteiger charge is -2.18. The Labute approximate surface area is 173 Å². The summed E-state index contributed by atoms with van der Waals surface area (Å²) in [6.45, 7) is 2.19. The summed E-state index contributed by atoms with van der Waals surface area (Å²) in [6.07, 6.45) is 1.74. The van der Waals surface area contributed by atoms with E-state index in [1.807, 2.05) is 20.0 Å². The van der Waals surface area contributed by atoms with E-state index in [-0.39, 0.29) is 18.2 Å². The molecule has 3 heterocycles. The first kappa shape index (κ1) is 19.7. The standard InChI is InChI=1S/C21H23N5O4/c1-12-16-8-14(10-22-20(16)25(2)24-12)23-21(28)13-7-19(27)26(11-13)15-5-6-17(29-3)18(9-15)30-4/h5-6,8-10,13H,7,11H2,1-4H3,(H,23,28). The second-order valence-corrected chi connectivity index (χ2v) is 7.24. The van der Waals surface area contributed by atoms with Crippen molar-refractivity contribution in [2.45, 2.75) is 13.3 Å². The van der Waals surface area contributed by atoms with Crippen molar-refractivity contribution in [3.05, 3.63) is 36.2 Å². The average molecular weight is 409 g/mol. The Morgan fingerprint density at radius 1 is 1.20 bits per heavy atom. The molecule has 0 spiro atoms. The zero-order valence-electron chi connectivity index (χ0n) is 17.3. The molecule has 1 aliphatic heterocycles. The molecule has 1 saturated heterocycles. The number of hydrogen-bond acceptors (Lipinski definition) is 6. The molecular formula is C21H23N5O4. The van der Waals surface area contributed by atoms with Crippen LogP contribution in [0.25, 0.3) is 11.0 Å². The highest BCUT2D eigenvalue weighted by atomic mass is 16.5. The number of amides is 2. The van der Waals surface area contributed by atoms with Gasteiger partial charge in [0.15, 0.2) is 17.1 Å². The van der Waals surface area contributed by atoms with Crippen molar-refractivity contribution in [2.24, 2.45) is 13.0 Å². The molecule has 1 aliphatic rings. The van der Waals surface area contributed by atoms with Crippen molar-refractivity contribution >= 4 is 34.2 Å². The van der Waals surface area contributed by atoms with Crippen molar-refractivity contribution < 1.29 is 19.1 Å². The van der Waals surface area contributed by atoms with E-state index < -0.39 is 5.92 Å². The fourth-order valence-electron chi connectivity index (χ4n) is 3.75. The molecule has 1 atom stereocenters. The fraction of sp³-hybridized carbons (Fsp3) is 0.333. The second-order valence-electron chi connectivity index (χ2n) is 7.24. The number of fused-ring (bicyclic) bond motifs is 1. The number of rotatable bonds is 5. The van der Waals surface area contributed by atoms with Gasteiger partial charge in [0.2, 0.25) is 11.8 Å². The zero-order chi connectivity index (χ0) is 21.4. The lowest BCUT2D eigenvalue weighted by molar-refractivity contribution is -0.122. The van der Waals surface area contributed by atoms with Crippen LogP contribution in [0.1, 0.15) is 12.1 Å². The molecule has 1 N–H and O–H groups in total. The number of ether oxygens (including phenoxy) is 2. The van der Waals surface area contributed by atoms with E-state index in [0.717, 1.165) is 16.7 Å². The summed E-state index contributed by atoms with van der Waals surface area (Å²) in [5.74, 6) is 0.321. The lowest BCUT2D eigenvalue weighted by atomic mass is 10.1. The maximum atomic E-state index is 12.8. The minimum atomic E-state index is -0.462. The van der Waals surface area contributed by atoms with Gasteiger partial charge in [-0.15, -0.1) is 0 Å². The maximum Gasteiger partial charge on any atom is 0.229 e. The fourth-order valence-corrected chi connectivity index (χ4v) is 3.75. The highest BCUT2D eigenvalue weighted by Gasteiger charge is 2.35. The number of aryl methyl sites for hydroxylation is 2. The Bertz CT molecular complexity index is 1140. The average Bonchev–Trinajstić information content (AvgIpc) is 3.27. The summed E-state index contributed by atoms with van der Waals surface area (Å²) in [4.78, 5) is 31.3. The predicted octanol–water partition coefficient (Wildman–Crippen LogP) is 2.29. The molecule has 0 bridgehead atoms. The van der Waals surface area contributed by atoms with E-state index in [4.69, 9.17) is 9.47 Å². The molecule has 30 heavy (non-hydrogen) atoms. The SMILES string of the molecule is COc1ccc(N2CC(C(=O)Nc3cnc4c(c3)c(C)nn4C)CC2=O)cc1OC. The second kappa shape index (κ2) is 7.66. The van der Waals surface area contributed by atoms with Crippen LogP contribution in [0.5, 0.6) is 11.5 Å². The van der Waals surface area contributed by atoms with Crippen LogP contribution in [0.3, 0.4) is 0 Å². The Balaban J connectivity index is 1.50. The lowest BCUT2D eigenvalue weighted by Crippen LogP contribution is -2.28. The molecule has 4 rings (SSSR count). The maximum absolute atomic E-state index is 12.8. The Morgan fingerprint density at radius 3 is 2.70 bits per heavy atom. The smallest absolute Gasteiger partial charge is 0.229 e. The topological polar surface area (TPSA) is 98.6 Å². The van der Waals surface area contributed by atoms with Crippen LogP contribution in [-0.4, -0.2) is 47.3 Å². The molecule has 9 nitrogen and oxygen atoms in total. The van der Waals surface area contributed by atoms with E-state index >= 15 is 0 Å². The minimum Gasteiger partial charge on any atom is -0.493 e. The Morgan fingerprint density at radius 2 is 1.97 bits per heavy atom. The summed E-state index contributed by atoms with van der Waals surface area (Å²) in [5.41, 5.74) is 2.84. The number of aromatic nitrogens is 3. The number of nitrogens with zero attached hydrogens (tertiary/aromatic N) is 4. The minimum absolute atomic E-state index is 0.112. The quantitative estimate of drug-likeness (QED) is 0.694. The summed E-state index contributed by atoms with van der Waals surface area (Å²) in [6, 6.07) is 7.11. The van der Waals surface area contributed by atoms with Crippen LogP contribution in [0.15, 0.2) is 30.5 Å². The Kier molecular flexibility index (Phi) is 5.03. The van der Waals surface area contributed by atoms with Gasteiger partial charge in [0.1, 0.15) is 0 Å². The highest BCUT2D eigenvalue weighted by Crippen LogP contribution is 2.34. The molecule has 3 aromatic rings. The van der Waals surface area contributed by atoms with Gasteiger partial charge in [-0.2, -0.15) is 5.10 Å². The summed E-state index contributed by atoms with van der Waals surface area (Å²) < 4.78 is 12.3. The van der Waals surface area contributed by atoms with Gasteiger partial charge >= 0.3 is 0 Å². The molecule has 1 fully saturated rings. The normalized spacial score (nSPS) is 16.2. The van der Waals surface area contributed by atoms with E-state index in [2.05, 4.69) is 15.4 Å². The number of carbonyl (C=O) groups is 2. The van der Waals surface area contributed by atoms with Gasteiger partial charge in [-0.3, -0.25) is 14.3 Å². The first-order valence-electron chi connectivity index (χ1n) is 9.54.